The third-order valence-electron chi connectivity index (χ3n) is 5.18. The lowest BCUT2D eigenvalue weighted by molar-refractivity contribution is 0.209. The molecule has 3 aromatic rings. The molecule has 0 aliphatic carbocycles. The minimum atomic E-state index is 0.602. The fourth-order valence-corrected chi connectivity index (χ4v) is 3.69. The molecular weight excluding hydrogens is 324 g/mol. The van der Waals surface area contributed by atoms with Gasteiger partial charge in [-0.3, -0.25) is 9.88 Å². The molecule has 0 saturated carbocycles. The monoisotopic (exact) mass is 350 g/mol. The molecular formula is C20H26N6. The summed E-state index contributed by atoms with van der Waals surface area (Å²) in [7, 11) is 0. The van der Waals surface area contributed by atoms with Gasteiger partial charge in [0.05, 0.1) is 11.4 Å². The Morgan fingerprint density at radius 2 is 1.77 bits per heavy atom. The second-order valence-electron chi connectivity index (χ2n) is 7.31. The van der Waals surface area contributed by atoms with Crippen LogP contribution in [0.1, 0.15) is 25.2 Å². The molecule has 1 aliphatic rings. The Morgan fingerprint density at radius 3 is 2.46 bits per heavy atom. The topological polar surface area (TPSA) is 49.6 Å². The number of aromatic nitrogens is 4. The molecule has 0 atom stereocenters. The lowest BCUT2D eigenvalue weighted by atomic mass is 10.1. The first kappa shape index (κ1) is 17.0. The van der Waals surface area contributed by atoms with Crippen LogP contribution in [0.3, 0.4) is 0 Å². The lowest BCUT2D eigenvalue weighted by Gasteiger charge is -2.37. The van der Waals surface area contributed by atoms with E-state index in [0.29, 0.717) is 6.04 Å². The van der Waals surface area contributed by atoms with Crippen molar-refractivity contribution in [2.75, 3.05) is 31.1 Å². The fourth-order valence-electron chi connectivity index (χ4n) is 3.69. The molecule has 0 amide bonds. The van der Waals surface area contributed by atoms with Crippen LogP contribution in [0.2, 0.25) is 0 Å². The van der Waals surface area contributed by atoms with Crippen molar-refractivity contribution < 1.29 is 0 Å². The van der Waals surface area contributed by atoms with Gasteiger partial charge in [0, 0.05) is 49.7 Å². The van der Waals surface area contributed by atoms with Crippen molar-refractivity contribution in [1.29, 1.82) is 0 Å². The summed E-state index contributed by atoms with van der Waals surface area (Å²) in [6.45, 7) is 12.8. The van der Waals surface area contributed by atoms with Crippen molar-refractivity contribution in [1.82, 2.24) is 24.5 Å². The highest BCUT2D eigenvalue weighted by atomic mass is 15.4. The number of piperazine rings is 1. The zero-order chi connectivity index (χ0) is 18.3. The molecule has 3 aromatic heterocycles. The second-order valence-corrected chi connectivity index (χ2v) is 7.31. The minimum Gasteiger partial charge on any atom is -0.353 e. The molecule has 4 heterocycles. The predicted octanol–water partition coefficient (Wildman–Crippen LogP) is 2.94. The van der Waals surface area contributed by atoms with Crippen LogP contribution < -0.4 is 4.90 Å². The zero-order valence-electron chi connectivity index (χ0n) is 16.0. The Labute approximate surface area is 154 Å². The van der Waals surface area contributed by atoms with Crippen molar-refractivity contribution in [3.63, 3.8) is 0 Å². The zero-order valence-corrected chi connectivity index (χ0v) is 16.0. The van der Waals surface area contributed by atoms with E-state index >= 15 is 0 Å². The highest BCUT2D eigenvalue weighted by molar-refractivity contribution is 5.67. The average molecular weight is 350 g/mol. The van der Waals surface area contributed by atoms with Crippen molar-refractivity contribution in [3.8, 4) is 11.3 Å². The summed E-state index contributed by atoms with van der Waals surface area (Å²) in [5, 5.41) is 4.94. The Morgan fingerprint density at radius 1 is 1.00 bits per heavy atom. The van der Waals surface area contributed by atoms with Gasteiger partial charge < -0.3 is 4.90 Å². The molecule has 6 nitrogen and oxygen atoms in total. The molecule has 1 aliphatic heterocycles. The summed E-state index contributed by atoms with van der Waals surface area (Å²) in [5.41, 5.74) is 5.03. The molecule has 0 aromatic carbocycles. The Bertz CT molecular complexity index is 921. The van der Waals surface area contributed by atoms with E-state index in [0.717, 1.165) is 60.3 Å². The van der Waals surface area contributed by atoms with E-state index in [1.807, 2.05) is 30.6 Å². The number of anilines is 1. The highest BCUT2D eigenvalue weighted by Crippen LogP contribution is 2.26. The minimum absolute atomic E-state index is 0.602. The number of hydrogen-bond donors (Lipinski definition) is 0. The number of fused-ring (bicyclic) bond motifs is 1. The molecule has 4 rings (SSSR count). The van der Waals surface area contributed by atoms with Gasteiger partial charge in [-0.05, 0) is 52.0 Å². The average Bonchev–Trinajstić information content (AvgIpc) is 2.96. The van der Waals surface area contributed by atoms with E-state index in [1.165, 1.54) is 0 Å². The van der Waals surface area contributed by atoms with Gasteiger partial charge in [0.25, 0.3) is 0 Å². The van der Waals surface area contributed by atoms with Gasteiger partial charge >= 0.3 is 0 Å². The van der Waals surface area contributed by atoms with Crippen LogP contribution in [0.25, 0.3) is 16.9 Å². The maximum atomic E-state index is 4.94. The molecule has 0 N–H and O–H groups in total. The fraction of sp³-hybridized carbons (Fsp3) is 0.450. The van der Waals surface area contributed by atoms with Gasteiger partial charge in [-0.15, -0.1) is 5.10 Å². The third-order valence-corrected chi connectivity index (χ3v) is 5.18. The van der Waals surface area contributed by atoms with E-state index in [9.17, 15) is 0 Å². The van der Waals surface area contributed by atoms with Crippen LogP contribution in [-0.4, -0.2) is 56.7 Å². The Kier molecular flexibility index (Phi) is 4.36. The summed E-state index contributed by atoms with van der Waals surface area (Å²) in [4.78, 5) is 13.9. The van der Waals surface area contributed by atoms with Crippen LogP contribution in [0.15, 0.2) is 30.5 Å². The maximum Gasteiger partial charge on any atom is 0.154 e. The number of nitrogens with zero attached hydrogens (tertiary/aromatic N) is 6. The standard InChI is InChI=1S/C20H26N6/c1-14(2)24-9-11-25(12-10-24)19-6-5-18-22-16(4)20(26(18)23-19)17-7-8-21-15(3)13-17/h5-8,13-14H,9-12H2,1-4H3. The van der Waals surface area contributed by atoms with Crippen LogP contribution in [-0.2, 0) is 0 Å². The van der Waals surface area contributed by atoms with E-state index in [4.69, 9.17) is 10.1 Å². The molecule has 1 saturated heterocycles. The van der Waals surface area contributed by atoms with E-state index in [-0.39, 0.29) is 0 Å². The van der Waals surface area contributed by atoms with Gasteiger partial charge in [-0.2, -0.15) is 0 Å². The number of pyridine rings is 1. The summed E-state index contributed by atoms with van der Waals surface area (Å²) in [6, 6.07) is 8.88. The quantitative estimate of drug-likeness (QED) is 0.727. The summed E-state index contributed by atoms with van der Waals surface area (Å²) < 4.78 is 1.98. The van der Waals surface area contributed by atoms with Gasteiger partial charge in [-0.25, -0.2) is 9.50 Å². The van der Waals surface area contributed by atoms with Crippen LogP contribution >= 0.6 is 0 Å². The van der Waals surface area contributed by atoms with Crippen molar-refractivity contribution in [2.45, 2.75) is 33.7 Å². The SMILES string of the molecule is Cc1cc(-c2c(C)nc3ccc(N4CCN(C(C)C)CC4)nn23)ccn1. The van der Waals surface area contributed by atoms with Crippen molar-refractivity contribution in [3.05, 3.63) is 41.9 Å². The van der Waals surface area contributed by atoms with Gasteiger partial charge in [0.1, 0.15) is 5.82 Å². The number of rotatable bonds is 3. The Hall–Kier alpha value is -2.47. The number of hydrogen-bond acceptors (Lipinski definition) is 5. The first-order chi connectivity index (χ1) is 12.5. The predicted molar refractivity (Wildman–Crippen MR) is 105 cm³/mol. The molecule has 26 heavy (non-hydrogen) atoms. The summed E-state index contributed by atoms with van der Waals surface area (Å²) in [6.07, 6.45) is 1.85. The first-order valence-electron chi connectivity index (χ1n) is 9.31. The molecule has 0 unspecified atom stereocenters. The maximum absolute atomic E-state index is 4.94. The van der Waals surface area contributed by atoms with Crippen molar-refractivity contribution >= 4 is 11.5 Å². The van der Waals surface area contributed by atoms with Crippen LogP contribution in [0.5, 0.6) is 0 Å². The number of imidazole rings is 1. The smallest absolute Gasteiger partial charge is 0.154 e. The summed E-state index contributed by atoms with van der Waals surface area (Å²) in [5.74, 6) is 1.02. The summed E-state index contributed by atoms with van der Waals surface area (Å²) >= 11 is 0. The van der Waals surface area contributed by atoms with E-state index in [2.05, 4.69) is 46.8 Å². The molecule has 0 bridgehead atoms. The molecule has 1 fully saturated rings. The molecule has 6 heteroatoms. The number of aryl methyl sites for hydroxylation is 2. The highest BCUT2D eigenvalue weighted by Gasteiger charge is 2.21. The van der Waals surface area contributed by atoms with Crippen molar-refractivity contribution in [2.24, 2.45) is 0 Å². The first-order valence-corrected chi connectivity index (χ1v) is 9.31. The van der Waals surface area contributed by atoms with Crippen LogP contribution in [0.4, 0.5) is 5.82 Å². The van der Waals surface area contributed by atoms with Gasteiger partial charge in [0.2, 0.25) is 0 Å². The van der Waals surface area contributed by atoms with E-state index < -0.39 is 0 Å². The van der Waals surface area contributed by atoms with Gasteiger partial charge in [0.15, 0.2) is 5.65 Å². The molecule has 0 spiro atoms. The normalized spacial score (nSPS) is 16.0. The Balaban J connectivity index is 1.70. The second kappa shape index (κ2) is 6.68. The third kappa shape index (κ3) is 3.05. The van der Waals surface area contributed by atoms with Gasteiger partial charge in [-0.1, -0.05) is 0 Å². The lowest BCUT2D eigenvalue weighted by Crippen LogP contribution is -2.49. The largest absolute Gasteiger partial charge is 0.353 e. The molecule has 0 radical (unpaired) electrons. The molecule has 136 valence electrons. The van der Waals surface area contributed by atoms with E-state index in [1.54, 1.807) is 0 Å². The van der Waals surface area contributed by atoms with Crippen LogP contribution in [0, 0.1) is 13.8 Å².